The van der Waals surface area contributed by atoms with E-state index in [1.54, 1.807) is 35.6 Å². The van der Waals surface area contributed by atoms with E-state index in [4.69, 9.17) is 12.2 Å². The molecule has 4 nitrogen and oxygen atoms in total. The molecule has 0 spiro atoms. The second-order valence-electron chi connectivity index (χ2n) is 5.80. The van der Waals surface area contributed by atoms with Gasteiger partial charge in [0.05, 0.1) is 5.56 Å². The Hall–Kier alpha value is -1.75. The van der Waals surface area contributed by atoms with Crippen LogP contribution >= 0.6 is 39.5 Å². The Labute approximate surface area is 164 Å². The Morgan fingerprint density at radius 1 is 1.20 bits per heavy atom. The third kappa shape index (κ3) is 4.27. The summed E-state index contributed by atoms with van der Waals surface area (Å²) in [4.78, 5) is 13.5. The van der Waals surface area contributed by atoms with Crippen molar-refractivity contribution < 1.29 is 4.79 Å². The van der Waals surface area contributed by atoms with Gasteiger partial charge in [-0.3, -0.25) is 10.1 Å². The highest BCUT2D eigenvalue weighted by atomic mass is 79.9. The number of thiocarbonyl (C=S) groups is 1. The minimum absolute atomic E-state index is 0.209. The number of anilines is 1. The molecule has 25 heavy (non-hydrogen) atoms. The van der Waals surface area contributed by atoms with Crippen molar-refractivity contribution in [2.75, 3.05) is 5.32 Å². The van der Waals surface area contributed by atoms with E-state index in [2.05, 4.69) is 32.6 Å². The zero-order valence-corrected chi connectivity index (χ0v) is 16.6. The number of carbonyl (C=O) groups excluding carboxylic acids is 1. The van der Waals surface area contributed by atoms with Gasteiger partial charge in [-0.25, -0.2) is 0 Å². The number of hydrogen-bond donors (Lipinski definition) is 2. The van der Waals surface area contributed by atoms with Gasteiger partial charge >= 0.3 is 0 Å². The summed E-state index contributed by atoms with van der Waals surface area (Å²) >= 11 is 10.2. The van der Waals surface area contributed by atoms with Crippen molar-refractivity contribution in [1.82, 2.24) is 5.32 Å². The van der Waals surface area contributed by atoms with Crippen LogP contribution in [0.3, 0.4) is 0 Å². The average molecular weight is 434 g/mol. The summed E-state index contributed by atoms with van der Waals surface area (Å²) in [5.41, 5.74) is 2.34. The first-order valence-electron chi connectivity index (χ1n) is 8.01. The number of thiophene rings is 1. The van der Waals surface area contributed by atoms with Gasteiger partial charge in [-0.1, -0.05) is 22.4 Å². The highest BCUT2D eigenvalue weighted by Gasteiger charge is 2.20. The number of fused-ring (bicyclic) bond motifs is 1. The third-order valence-electron chi connectivity index (χ3n) is 4.09. The highest BCUT2D eigenvalue weighted by molar-refractivity contribution is 9.10. The Balaban J connectivity index is 1.72. The van der Waals surface area contributed by atoms with Gasteiger partial charge in [-0.2, -0.15) is 5.26 Å². The summed E-state index contributed by atoms with van der Waals surface area (Å²) in [5.74, 6) is -0.276. The van der Waals surface area contributed by atoms with Crippen molar-refractivity contribution in [1.29, 1.82) is 5.26 Å². The van der Waals surface area contributed by atoms with Crippen LogP contribution in [0.1, 0.15) is 45.6 Å². The summed E-state index contributed by atoms with van der Waals surface area (Å²) in [6, 6.07) is 9.34. The minimum atomic E-state index is -0.276. The van der Waals surface area contributed by atoms with Crippen LogP contribution in [-0.4, -0.2) is 11.0 Å². The largest absolute Gasteiger partial charge is 0.323 e. The molecule has 0 saturated heterocycles. The van der Waals surface area contributed by atoms with Crippen LogP contribution in [-0.2, 0) is 12.8 Å². The topological polar surface area (TPSA) is 64.9 Å². The Kier molecular flexibility index (Phi) is 5.84. The minimum Gasteiger partial charge on any atom is -0.323 e. The molecule has 1 aromatic heterocycles. The van der Waals surface area contributed by atoms with E-state index in [0.29, 0.717) is 11.1 Å². The Morgan fingerprint density at radius 2 is 1.92 bits per heavy atom. The van der Waals surface area contributed by atoms with Gasteiger partial charge in [0.1, 0.15) is 11.1 Å². The number of benzene rings is 1. The number of rotatable bonds is 2. The van der Waals surface area contributed by atoms with Gasteiger partial charge in [0, 0.05) is 14.9 Å². The molecule has 1 aliphatic carbocycles. The van der Waals surface area contributed by atoms with E-state index in [9.17, 15) is 10.1 Å². The standard InChI is InChI=1S/C18H16BrN3OS2/c19-12-8-6-11(7-9-12)16(23)21-18(24)22-17-14(10-20)13-4-2-1-3-5-15(13)25-17/h6-9H,1-5H2,(H2,21,22,23,24). The monoisotopic (exact) mass is 433 g/mol. The molecular formula is C18H16BrN3OS2. The molecule has 0 bridgehead atoms. The molecule has 128 valence electrons. The fraction of sp³-hybridized carbons (Fsp3) is 0.278. The van der Waals surface area contributed by atoms with Crippen molar-refractivity contribution in [2.45, 2.75) is 32.1 Å². The molecular weight excluding hydrogens is 418 g/mol. The molecule has 2 N–H and O–H groups in total. The van der Waals surface area contributed by atoms with Crippen molar-refractivity contribution in [2.24, 2.45) is 0 Å². The van der Waals surface area contributed by atoms with Crippen LogP contribution in [0.4, 0.5) is 5.00 Å². The van der Waals surface area contributed by atoms with E-state index in [0.717, 1.165) is 40.7 Å². The van der Waals surface area contributed by atoms with E-state index in [1.807, 2.05) is 0 Å². The molecule has 3 rings (SSSR count). The van der Waals surface area contributed by atoms with Gasteiger partial charge in [0.15, 0.2) is 5.11 Å². The number of amides is 1. The zero-order valence-electron chi connectivity index (χ0n) is 13.4. The van der Waals surface area contributed by atoms with Crippen LogP contribution in [0.5, 0.6) is 0 Å². The van der Waals surface area contributed by atoms with E-state index in [-0.39, 0.29) is 11.0 Å². The smallest absolute Gasteiger partial charge is 0.257 e. The first-order valence-corrected chi connectivity index (χ1v) is 10.0. The van der Waals surface area contributed by atoms with Crippen LogP contribution in [0, 0.1) is 11.3 Å². The molecule has 7 heteroatoms. The maximum atomic E-state index is 12.2. The van der Waals surface area contributed by atoms with Gasteiger partial charge in [0.25, 0.3) is 5.91 Å². The van der Waals surface area contributed by atoms with Gasteiger partial charge in [-0.15, -0.1) is 11.3 Å². The van der Waals surface area contributed by atoms with Crippen LogP contribution in [0.15, 0.2) is 28.7 Å². The van der Waals surface area contributed by atoms with Crippen molar-refractivity contribution >= 4 is 55.5 Å². The Bertz CT molecular complexity index is 852. The van der Waals surface area contributed by atoms with Crippen molar-refractivity contribution in [3.05, 3.63) is 50.3 Å². The van der Waals surface area contributed by atoms with Crippen molar-refractivity contribution in [3.8, 4) is 6.07 Å². The van der Waals surface area contributed by atoms with E-state index < -0.39 is 0 Å². The fourth-order valence-corrected chi connectivity index (χ4v) is 4.63. The molecule has 1 aromatic carbocycles. The van der Waals surface area contributed by atoms with Crippen LogP contribution in [0.25, 0.3) is 0 Å². The maximum Gasteiger partial charge on any atom is 0.257 e. The summed E-state index contributed by atoms with van der Waals surface area (Å²) in [7, 11) is 0. The summed E-state index contributed by atoms with van der Waals surface area (Å²) in [6.07, 6.45) is 5.42. The number of hydrogen-bond acceptors (Lipinski definition) is 4. The molecule has 1 heterocycles. The summed E-state index contributed by atoms with van der Waals surface area (Å²) < 4.78 is 0.906. The molecule has 0 saturated carbocycles. The second kappa shape index (κ2) is 8.09. The zero-order chi connectivity index (χ0) is 17.8. The second-order valence-corrected chi connectivity index (χ2v) is 8.22. The number of nitrogens with zero attached hydrogens (tertiary/aromatic N) is 1. The van der Waals surface area contributed by atoms with E-state index >= 15 is 0 Å². The van der Waals surface area contributed by atoms with E-state index in [1.165, 1.54) is 11.3 Å². The molecule has 1 amide bonds. The fourth-order valence-electron chi connectivity index (χ4n) is 2.86. The van der Waals surface area contributed by atoms with Gasteiger partial charge in [-0.05, 0) is 67.7 Å². The summed E-state index contributed by atoms with van der Waals surface area (Å²) in [5, 5.41) is 16.2. The van der Waals surface area contributed by atoms with Crippen molar-refractivity contribution in [3.63, 3.8) is 0 Å². The molecule has 0 unspecified atom stereocenters. The first kappa shape index (κ1) is 18.1. The average Bonchev–Trinajstić information content (AvgIpc) is 2.75. The molecule has 0 atom stereocenters. The number of halogens is 1. The lowest BCUT2D eigenvalue weighted by atomic mass is 10.1. The van der Waals surface area contributed by atoms with Gasteiger partial charge in [0.2, 0.25) is 0 Å². The predicted molar refractivity (Wildman–Crippen MR) is 108 cm³/mol. The first-order chi connectivity index (χ1) is 12.1. The predicted octanol–water partition coefficient (Wildman–Crippen LogP) is 4.78. The lowest BCUT2D eigenvalue weighted by Crippen LogP contribution is -2.34. The number of aryl methyl sites for hydroxylation is 1. The number of nitrogens with one attached hydrogen (secondary N) is 2. The van der Waals surface area contributed by atoms with Crippen LogP contribution in [0.2, 0.25) is 0 Å². The Morgan fingerprint density at radius 3 is 2.64 bits per heavy atom. The van der Waals surface area contributed by atoms with Gasteiger partial charge < -0.3 is 5.32 Å². The molecule has 0 aliphatic heterocycles. The summed E-state index contributed by atoms with van der Waals surface area (Å²) in [6.45, 7) is 0. The quantitative estimate of drug-likeness (QED) is 0.528. The van der Waals surface area contributed by atoms with Crippen LogP contribution < -0.4 is 10.6 Å². The molecule has 0 radical (unpaired) electrons. The molecule has 0 fully saturated rings. The number of nitriles is 1. The third-order valence-corrected chi connectivity index (χ3v) is 6.03. The number of carbonyl (C=O) groups is 1. The highest BCUT2D eigenvalue weighted by Crippen LogP contribution is 2.36. The molecule has 1 aliphatic rings. The molecule has 2 aromatic rings. The SMILES string of the molecule is N#Cc1c(NC(=S)NC(=O)c2ccc(Br)cc2)sc2c1CCCCC2. The lowest BCUT2D eigenvalue weighted by molar-refractivity contribution is 0.0977. The normalized spacial score (nSPS) is 13.3. The lowest BCUT2D eigenvalue weighted by Gasteiger charge is -2.09. The maximum absolute atomic E-state index is 12.2.